The summed E-state index contributed by atoms with van der Waals surface area (Å²) in [5.41, 5.74) is 5.00. The number of sulfonamides is 1. The van der Waals surface area contributed by atoms with Crippen LogP contribution in [0.3, 0.4) is 0 Å². The summed E-state index contributed by atoms with van der Waals surface area (Å²) in [5, 5.41) is 0. The molecular weight excluding hydrogens is 418 g/mol. The molecule has 0 N–H and O–H groups in total. The van der Waals surface area contributed by atoms with Crippen molar-refractivity contribution >= 4 is 15.7 Å². The van der Waals surface area contributed by atoms with Gasteiger partial charge in [-0.1, -0.05) is 30.3 Å². The van der Waals surface area contributed by atoms with Crippen LogP contribution in [-0.2, 0) is 28.4 Å². The van der Waals surface area contributed by atoms with E-state index in [2.05, 4.69) is 28.0 Å². The zero-order valence-electron chi connectivity index (χ0n) is 19.4. The molecule has 0 saturated carbocycles. The van der Waals surface area contributed by atoms with E-state index in [0.29, 0.717) is 11.4 Å². The quantitative estimate of drug-likeness (QED) is 0.686. The molecule has 2 aromatic rings. The van der Waals surface area contributed by atoms with Gasteiger partial charge < -0.3 is 4.90 Å². The molecule has 0 aromatic heterocycles. The van der Waals surface area contributed by atoms with Gasteiger partial charge in [0.25, 0.3) is 0 Å². The number of aryl methyl sites for hydroxylation is 1. The summed E-state index contributed by atoms with van der Waals surface area (Å²) in [6, 6.07) is 14.3. The number of hydrogen-bond donors (Lipinski definition) is 0. The summed E-state index contributed by atoms with van der Waals surface area (Å²) in [5.74, 6) is 0. The first-order valence-corrected chi connectivity index (χ1v) is 13.5. The van der Waals surface area contributed by atoms with E-state index in [9.17, 15) is 8.42 Å². The van der Waals surface area contributed by atoms with E-state index >= 15 is 0 Å². The summed E-state index contributed by atoms with van der Waals surface area (Å²) < 4.78 is 27.9. The lowest BCUT2D eigenvalue weighted by Gasteiger charge is -2.38. The molecule has 1 aliphatic carbocycles. The molecule has 2 heterocycles. The van der Waals surface area contributed by atoms with Crippen LogP contribution in [0.2, 0.25) is 0 Å². The molecule has 0 bridgehead atoms. The van der Waals surface area contributed by atoms with Crippen molar-refractivity contribution in [3.05, 3.63) is 59.2 Å². The molecule has 0 spiro atoms. The number of hydrogen-bond acceptors (Lipinski definition) is 4. The molecule has 172 valence electrons. The fourth-order valence-corrected chi connectivity index (χ4v) is 8.01. The minimum atomic E-state index is -3.40. The van der Waals surface area contributed by atoms with Crippen LogP contribution in [-0.4, -0.2) is 56.9 Å². The first-order valence-electron chi connectivity index (χ1n) is 12.1. The largest absolute Gasteiger partial charge is 0.369 e. The number of fused-ring (bicyclic) bond motifs is 2. The summed E-state index contributed by atoms with van der Waals surface area (Å²) in [6.45, 7) is 9.74. The van der Waals surface area contributed by atoms with Crippen LogP contribution in [0.15, 0.2) is 47.4 Å². The second-order valence-electron chi connectivity index (χ2n) is 9.94. The van der Waals surface area contributed by atoms with Crippen molar-refractivity contribution in [1.82, 2.24) is 9.21 Å². The highest BCUT2D eigenvalue weighted by molar-refractivity contribution is 7.89. The molecule has 5 rings (SSSR count). The van der Waals surface area contributed by atoms with Crippen molar-refractivity contribution < 1.29 is 8.42 Å². The Morgan fingerprint density at radius 3 is 2.41 bits per heavy atom. The summed E-state index contributed by atoms with van der Waals surface area (Å²) >= 11 is 0. The van der Waals surface area contributed by atoms with Gasteiger partial charge in [-0.05, 0) is 81.3 Å². The number of benzene rings is 2. The van der Waals surface area contributed by atoms with Gasteiger partial charge in [-0.15, -0.1) is 0 Å². The highest BCUT2D eigenvalue weighted by Crippen LogP contribution is 2.43. The normalized spacial score (nSPS) is 22.5. The van der Waals surface area contributed by atoms with E-state index < -0.39 is 15.6 Å². The summed E-state index contributed by atoms with van der Waals surface area (Å²) in [7, 11) is -3.40. The Kier molecular flexibility index (Phi) is 5.81. The highest BCUT2D eigenvalue weighted by Gasteiger charge is 2.47. The first-order chi connectivity index (χ1) is 15.4. The third-order valence-electron chi connectivity index (χ3n) is 7.66. The average molecular weight is 454 g/mol. The van der Waals surface area contributed by atoms with Gasteiger partial charge >= 0.3 is 0 Å². The molecule has 6 heteroatoms. The second kappa shape index (κ2) is 8.47. The van der Waals surface area contributed by atoms with Crippen LogP contribution >= 0.6 is 0 Å². The van der Waals surface area contributed by atoms with Crippen LogP contribution in [0, 0.1) is 0 Å². The van der Waals surface area contributed by atoms with Crippen molar-refractivity contribution in [3.63, 3.8) is 0 Å². The van der Waals surface area contributed by atoms with Crippen molar-refractivity contribution in [3.8, 4) is 0 Å². The minimum absolute atomic E-state index is 0.477. The third kappa shape index (κ3) is 3.76. The smallest absolute Gasteiger partial charge is 0.244 e. The molecule has 1 saturated heterocycles. The summed E-state index contributed by atoms with van der Waals surface area (Å²) in [6.07, 6.45) is 5.93. The van der Waals surface area contributed by atoms with E-state index in [1.165, 1.54) is 31.4 Å². The van der Waals surface area contributed by atoms with Crippen molar-refractivity contribution in [2.75, 3.05) is 44.2 Å². The SMILES string of the molecule is CC1(C)c2ccccc2S(=O)(=O)N1CCCN1CCN(c2cccc3c2CCCC3)CC1. The monoisotopic (exact) mass is 453 g/mol. The van der Waals surface area contributed by atoms with Crippen LogP contribution < -0.4 is 4.90 Å². The average Bonchev–Trinajstić information content (AvgIpc) is 2.96. The Hall–Kier alpha value is -1.89. The first kappa shape index (κ1) is 21.9. The third-order valence-corrected chi connectivity index (χ3v) is 9.79. The Balaban J connectivity index is 1.17. The van der Waals surface area contributed by atoms with Crippen molar-refractivity contribution in [1.29, 1.82) is 0 Å². The minimum Gasteiger partial charge on any atom is -0.369 e. The van der Waals surface area contributed by atoms with Crippen LogP contribution in [0.25, 0.3) is 0 Å². The lowest BCUT2D eigenvalue weighted by atomic mass is 9.90. The maximum Gasteiger partial charge on any atom is 0.244 e. The lowest BCUT2D eigenvalue weighted by molar-refractivity contribution is 0.209. The number of rotatable bonds is 5. The molecule has 2 aromatic carbocycles. The van der Waals surface area contributed by atoms with Gasteiger partial charge in [0.15, 0.2) is 0 Å². The molecule has 5 nitrogen and oxygen atoms in total. The Labute approximate surface area is 193 Å². The van der Waals surface area contributed by atoms with Crippen LogP contribution in [0.5, 0.6) is 0 Å². The molecule has 32 heavy (non-hydrogen) atoms. The predicted octanol–water partition coefficient (Wildman–Crippen LogP) is 4.02. The van der Waals surface area contributed by atoms with Gasteiger partial charge in [0.2, 0.25) is 10.0 Å². The van der Waals surface area contributed by atoms with Gasteiger partial charge in [0.1, 0.15) is 0 Å². The van der Waals surface area contributed by atoms with E-state index in [0.717, 1.165) is 44.7 Å². The Morgan fingerprint density at radius 1 is 0.875 bits per heavy atom. The van der Waals surface area contributed by atoms with Gasteiger partial charge in [0, 0.05) is 38.4 Å². The zero-order chi connectivity index (χ0) is 22.3. The highest BCUT2D eigenvalue weighted by atomic mass is 32.2. The van der Waals surface area contributed by atoms with E-state index in [1.54, 1.807) is 21.5 Å². The van der Waals surface area contributed by atoms with Gasteiger partial charge in [0.05, 0.1) is 10.4 Å². The maximum absolute atomic E-state index is 13.1. The zero-order valence-corrected chi connectivity index (χ0v) is 20.2. The van der Waals surface area contributed by atoms with E-state index in [4.69, 9.17) is 0 Å². The predicted molar refractivity (Wildman–Crippen MR) is 130 cm³/mol. The lowest BCUT2D eigenvalue weighted by Crippen LogP contribution is -2.48. The molecule has 0 amide bonds. The van der Waals surface area contributed by atoms with E-state index in [-0.39, 0.29) is 0 Å². The van der Waals surface area contributed by atoms with Crippen molar-refractivity contribution in [2.45, 2.75) is 56.4 Å². The van der Waals surface area contributed by atoms with Crippen LogP contribution in [0.4, 0.5) is 5.69 Å². The number of anilines is 1. The molecule has 1 fully saturated rings. The topological polar surface area (TPSA) is 43.9 Å². The standard InChI is InChI=1S/C26H35N3O2S/c1-26(2)23-12-5-6-14-25(23)32(30,31)29(26)16-8-15-27-17-19-28(20-18-27)24-13-7-10-21-9-3-4-11-22(21)24/h5-7,10,12-14H,3-4,8-9,11,15-20H2,1-2H3. The molecule has 2 aliphatic heterocycles. The van der Waals surface area contributed by atoms with Gasteiger partial charge in [-0.2, -0.15) is 4.31 Å². The summed E-state index contributed by atoms with van der Waals surface area (Å²) in [4.78, 5) is 5.53. The fraction of sp³-hybridized carbons (Fsp3) is 0.538. The Bertz CT molecular complexity index is 1090. The Morgan fingerprint density at radius 2 is 1.62 bits per heavy atom. The molecule has 3 aliphatic rings. The van der Waals surface area contributed by atoms with Crippen LogP contribution in [0.1, 0.15) is 49.8 Å². The molecule has 0 radical (unpaired) electrons. The van der Waals surface area contributed by atoms with Crippen molar-refractivity contribution in [2.24, 2.45) is 0 Å². The fourth-order valence-electron chi connectivity index (χ4n) is 5.86. The maximum atomic E-state index is 13.1. The van der Waals surface area contributed by atoms with E-state index in [1.807, 2.05) is 32.0 Å². The van der Waals surface area contributed by atoms with Gasteiger partial charge in [-0.25, -0.2) is 8.42 Å². The number of piperazine rings is 1. The molecule has 0 unspecified atom stereocenters. The molecular formula is C26H35N3O2S. The number of nitrogens with zero attached hydrogens (tertiary/aromatic N) is 3. The molecule has 0 atom stereocenters. The van der Waals surface area contributed by atoms with Gasteiger partial charge in [-0.3, -0.25) is 4.90 Å². The second-order valence-corrected chi connectivity index (χ2v) is 11.8.